The summed E-state index contributed by atoms with van der Waals surface area (Å²) >= 11 is 0. The summed E-state index contributed by atoms with van der Waals surface area (Å²) in [4.78, 5) is 9.08. The van der Waals surface area contributed by atoms with Crippen molar-refractivity contribution in [3.63, 3.8) is 0 Å². The molecule has 4 unspecified atom stereocenters. The van der Waals surface area contributed by atoms with E-state index in [0.29, 0.717) is 23.2 Å². The van der Waals surface area contributed by atoms with Crippen LogP contribution in [0.1, 0.15) is 31.0 Å². The monoisotopic (exact) mass is 459 g/mol. The van der Waals surface area contributed by atoms with Crippen LogP contribution in [0.25, 0.3) is 28.6 Å². The standard InChI is InChI=1S/C28H30FN3O2/c1-17-14-23(29)27(20-6-4-19(5-7-20)25-10-8-21(30-3)15-31-25)32-24(17)12-13-33-26-11-9-22-18(2)16-34-28(22)26/h4-8,10,12-15,18,22,26,28,30H,9,11,16H2,1-3H3/b13-12+. The summed E-state index contributed by atoms with van der Waals surface area (Å²) in [5.41, 5.74) is 5.28. The van der Waals surface area contributed by atoms with Crippen LogP contribution in [0.5, 0.6) is 0 Å². The number of aryl methyl sites for hydroxylation is 1. The van der Waals surface area contributed by atoms with Gasteiger partial charge in [0, 0.05) is 18.2 Å². The summed E-state index contributed by atoms with van der Waals surface area (Å²) in [5.74, 6) is 0.850. The van der Waals surface area contributed by atoms with Crippen LogP contribution in [0.4, 0.5) is 10.1 Å². The fraction of sp³-hybridized carbons (Fsp3) is 0.357. The molecule has 0 spiro atoms. The van der Waals surface area contributed by atoms with E-state index in [1.165, 1.54) is 6.07 Å². The number of aromatic nitrogens is 2. The Hall–Kier alpha value is -3.25. The number of rotatable bonds is 6. The molecule has 1 aliphatic heterocycles. The van der Waals surface area contributed by atoms with Crippen molar-refractivity contribution >= 4 is 11.8 Å². The van der Waals surface area contributed by atoms with Gasteiger partial charge in [-0.15, -0.1) is 0 Å². The third kappa shape index (κ3) is 4.42. The Morgan fingerprint density at radius 3 is 2.65 bits per heavy atom. The Labute approximate surface area is 200 Å². The van der Waals surface area contributed by atoms with E-state index < -0.39 is 0 Å². The maximum atomic E-state index is 14.8. The van der Waals surface area contributed by atoms with E-state index in [2.05, 4.69) is 22.2 Å². The van der Waals surface area contributed by atoms with E-state index in [1.54, 1.807) is 12.5 Å². The number of fused-ring (bicyclic) bond motifs is 1. The van der Waals surface area contributed by atoms with Crippen molar-refractivity contribution in [2.45, 2.75) is 38.9 Å². The van der Waals surface area contributed by atoms with E-state index in [1.807, 2.05) is 56.4 Å². The molecule has 0 bridgehead atoms. The lowest BCUT2D eigenvalue weighted by Crippen LogP contribution is -2.25. The number of halogens is 1. The van der Waals surface area contributed by atoms with Crippen LogP contribution in [-0.4, -0.2) is 35.8 Å². The van der Waals surface area contributed by atoms with Crippen molar-refractivity contribution in [2.24, 2.45) is 11.8 Å². The minimum absolute atomic E-state index is 0.0785. The summed E-state index contributed by atoms with van der Waals surface area (Å²) in [6.07, 6.45) is 7.72. The van der Waals surface area contributed by atoms with Gasteiger partial charge in [-0.2, -0.15) is 0 Å². The number of nitrogens with zero attached hydrogens (tertiary/aromatic N) is 2. The second-order valence-corrected chi connectivity index (χ2v) is 9.27. The Balaban J connectivity index is 1.32. The highest BCUT2D eigenvalue weighted by molar-refractivity contribution is 5.69. The first-order valence-corrected chi connectivity index (χ1v) is 11.9. The molecule has 34 heavy (non-hydrogen) atoms. The zero-order valence-electron chi connectivity index (χ0n) is 19.8. The van der Waals surface area contributed by atoms with Gasteiger partial charge in [0.1, 0.15) is 17.6 Å². The van der Waals surface area contributed by atoms with Gasteiger partial charge in [-0.05, 0) is 61.4 Å². The van der Waals surface area contributed by atoms with Crippen LogP contribution >= 0.6 is 0 Å². The van der Waals surface area contributed by atoms with Crippen molar-refractivity contribution < 1.29 is 13.9 Å². The van der Waals surface area contributed by atoms with Gasteiger partial charge in [0.05, 0.1) is 42.2 Å². The van der Waals surface area contributed by atoms with E-state index in [9.17, 15) is 4.39 Å². The number of pyridine rings is 2. The van der Waals surface area contributed by atoms with Gasteiger partial charge in [-0.25, -0.2) is 9.37 Å². The van der Waals surface area contributed by atoms with Crippen LogP contribution in [0, 0.1) is 24.6 Å². The summed E-state index contributed by atoms with van der Waals surface area (Å²) in [7, 11) is 1.86. The molecule has 5 nitrogen and oxygen atoms in total. The molecule has 0 radical (unpaired) electrons. The first kappa shape index (κ1) is 22.5. The second-order valence-electron chi connectivity index (χ2n) is 9.27. The van der Waals surface area contributed by atoms with Crippen LogP contribution in [0.2, 0.25) is 0 Å². The Morgan fingerprint density at radius 2 is 1.91 bits per heavy atom. The quantitative estimate of drug-likeness (QED) is 0.451. The molecule has 3 heterocycles. The highest BCUT2D eigenvalue weighted by Gasteiger charge is 2.45. The van der Waals surface area contributed by atoms with E-state index in [4.69, 9.17) is 9.47 Å². The summed E-state index contributed by atoms with van der Waals surface area (Å²) < 4.78 is 26.8. The Bertz CT molecular complexity index is 1180. The van der Waals surface area contributed by atoms with Gasteiger partial charge in [-0.3, -0.25) is 4.98 Å². The van der Waals surface area contributed by atoms with Gasteiger partial charge < -0.3 is 14.8 Å². The predicted molar refractivity (Wildman–Crippen MR) is 133 cm³/mol. The van der Waals surface area contributed by atoms with Crippen molar-refractivity contribution in [1.29, 1.82) is 0 Å². The first-order valence-electron chi connectivity index (χ1n) is 11.9. The SMILES string of the molecule is CNc1ccc(-c2ccc(-c3nc(/C=C/OC4CCC5C(C)COC45)c(C)cc3F)cc2)nc1. The van der Waals surface area contributed by atoms with Gasteiger partial charge in [0.25, 0.3) is 0 Å². The largest absolute Gasteiger partial charge is 0.495 e. The van der Waals surface area contributed by atoms with Crippen LogP contribution < -0.4 is 5.32 Å². The lowest BCUT2D eigenvalue weighted by atomic mass is 9.94. The average Bonchev–Trinajstić information content (AvgIpc) is 3.43. The van der Waals surface area contributed by atoms with E-state index >= 15 is 0 Å². The predicted octanol–water partition coefficient (Wildman–Crippen LogP) is 6.10. The topological polar surface area (TPSA) is 56.3 Å². The molecular formula is C28H30FN3O2. The molecule has 176 valence electrons. The minimum atomic E-state index is -0.341. The van der Waals surface area contributed by atoms with E-state index in [0.717, 1.165) is 47.5 Å². The second kappa shape index (κ2) is 9.55. The molecule has 2 aliphatic rings. The molecule has 6 heteroatoms. The number of anilines is 1. The van der Waals surface area contributed by atoms with Crippen molar-refractivity contribution in [1.82, 2.24) is 9.97 Å². The lowest BCUT2D eigenvalue weighted by Gasteiger charge is -2.17. The number of benzene rings is 1. The van der Waals surface area contributed by atoms with Crippen LogP contribution in [0.3, 0.4) is 0 Å². The zero-order chi connectivity index (χ0) is 23.7. The molecule has 2 aromatic heterocycles. The van der Waals surface area contributed by atoms with Crippen molar-refractivity contribution in [2.75, 3.05) is 19.0 Å². The molecule has 0 amide bonds. The Kier molecular flexibility index (Phi) is 6.33. The maximum Gasteiger partial charge on any atom is 0.149 e. The van der Waals surface area contributed by atoms with Crippen molar-refractivity contribution in [3.8, 4) is 22.5 Å². The smallest absolute Gasteiger partial charge is 0.149 e. The lowest BCUT2D eigenvalue weighted by molar-refractivity contribution is -0.00122. The van der Waals surface area contributed by atoms with Gasteiger partial charge >= 0.3 is 0 Å². The summed E-state index contributed by atoms with van der Waals surface area (Å²) in [6, 6.07) is 13.1. The molecule has 2 fully saturated rings. The molecule has 1 saturated carbocycles. The number of nitrogens with one attached hydrogen (secondary N) is 1. The number of ether oxygens (including phenoxy) is 2. The number of hydrogen-bond donors (Lipinski definition) is 1. The molecule has 1 saturated heterocycles. The maximum absolute atomic E-state index is 14.8. The highest BCUT2D eigenvalue weighted by Crippen LogP contribution is 2.41. The van der Waals surface area contributed by atoms with Crippen LogP contribution in [-0.2, 0) is 9.47 Å². The third-order valence-corrected chi connectivity index (χ3v) is 7.05. The van der Waals surface area contributed by atoms with Gasteiger partial charge in [0.2, 0.25) is 0 Å². The third-order valence-electron chi connectivity index (χ3n) is 7.05. The Morgan fingerprint density at radius 1 is 1.12 bits per heavy atom. The zero-order valence-corrected chi connectivity index (χ0v) is 19.8. The molecule has 1 aromatic carbocycles. The number of hydrogen-bond acceptors (Lipinski definition) is 5. The molecule has 1 aliphatic carbocycles. The molecule has 5 rings (SSSR count). The van der Waals surface area contributed by atoms with Crippen LogP contribution in [0.15, 0.2) is 54.9 Å². The van der Waals surface area contributed by atoms with Crippen molar-refractivity contribution in [3.05, 3.63) is 72.0 Å². The minimum Gasteiger partial charge on any atom is -0.495 e. The average molecular weight is 460 g/mol. The fourth-order valence-corrected chi connectivity index (χ4v) is 5.01. The molecule has 3 aromatic rings. The first-order chi connectivity index (χ1) is 16.5. The summed E-state index contributed by atoms with van der Waals surface area (Å²) in [5, 5.41) is 3.06. The normalized spacial score (nSPS) is 23.9. The highest BCUT2D eigenvalue weighted by atomic mass is 19.1. The molecule has 4 atom stereocenters. The van der Waals surface area contributed by atoms with Gasteiger partial charge in [0.15, 0.2) is 0 Å². The molecular weight excluding hydrogens is 429 g/mol. The van der Waals surface area contributed by atoms with Gasteiger partial charge in [-0.1, -0.05) is 31.2 Å². The molecule has 1 N–H and O–H groups in total. The summed E-state index contributed by atoms with van der Waals surface area (Å²) in [6.45, 7) is 4.92. The fourth-order valence-electron chi connectivity index (χ4n) is 5.01. The van der Waals surface area contributed by atoms with E-state index in [-0.39, 0.29) is 18.0 Å².